The Bertz CT molecular complexity index is 1060. The highest BCUT2D eigenvalue weighted by Gasteiger charge is 2.34. The molecule has 2 aromatic rings. The van der Waals surface area contributed by atoms with Crippen molar-refractivity contribution in [1.82, 2.24) is 4.90 Å². The molecular formula is C17H14N2O5S3. The van der Waals surface area contributed by atoms with Crippen LogP contribution in [0.4, 0.5) is 0 Å². The normalized spacial score (nSPS) is 17.8. The van der Waals surface area contributed by atoms with Crippen LogP contribution in [-0.4, -0.2) is 41.2 Å². The predicted molar refractivity (Wildman–Crippen MR) is 106 cm³/mol. The second-order valence-electron chi connectivity index (χ2n) is 5.34. The van der Waals surface area contributed by atoms with Gasteiger partial charge in [-0.15, -0.1) is 22.3 Å². The summed E-state index contributed by atoms with van der Waals surface area (Å²) in [5.41, 5.74) is 0.310. The van der Waals surface area contributed by atoms with E-state index in [1.807, 2.05) is 0 Å². The van der Waals surface area contributed by atoms with Crippen molar-refractivity contribution in [2.75, 3.05) is 6.54 Å². The highest BCUT2D eigenvalue weighted by atomic mass is 32.2. The minimum atomic E-state index is -3.94. The summed E-state index contributed by atoms with van der Waals surface area (Å²) in [4.78, 5) is 14.0. The largest absolute Gasteiger partial charge is 0.508 e. The molecule has 1 saturated heterocycles. The Morgan fingerprint density at radius 1 is 1.26 bits per heavy atom. The average molecular weight is 423 g/mol. The summed E-state index contributed by atoms with van der Waals surface area (Å²) < 4.78 is 28.7. The first kappa shape index (κ1) is 19.2. The third kappa shape index (κ3) is 4.07. The van der Waals surface area contributed by atoms with Crippen molar-refractivity contribution in [2.45, 2.75) is 4.21 Å². The van der Waals surface area contributed by atoms with Gasteiger partial charge in [-0.3, -0.25) is 9.69 Å². The number of phenols is 2. The molecule has 0 aliphatic carbocycles. The molecule has 1 amide bonds. The lowest BCUT2D eigenvalue weighted by atomic mass is 10.1. The highest BCUT2D eigenvalue weighted by molar-refractivity contribution is 8.19. The Hall–Kier alpha value is -2.56. The first-order chi connectivity index (χ1) is 12.8. The SMILES string of the molecule is C=CCN1C(=O)C(=Cc2ccc(O)cc2O)SC1=NS(=O)(=O)c1cccs1. The Morgan fingerprint density at radius 3 is 2.67 bits per heavy atom. The molecule has 1 fully saturated rings. The zero-order valence-corrected chi connectivity index (χ0v) is 16.2. The van der Waals surface area contributed by atoms with Crippen LogP contribution in [0.3, 0.4) is 0 Å². The van der Waals surface area contributed by atoms with E-state index in [0.717, 1.165) is 29.2 Å². The molecule has 10 heteroatoms. The molecule has 1 aliphatic heterocycles. The van der Waals surface area contributed by atoms with Gasteiger partial charge in [-0.1, -0.05) is 12.1 Å². The number of rotatable bonds is 5. The molecular weight excluding hydrogens is 408 g/mol. The average Bonchev–Trinajstić information content (AvgIpc) is 3.23. The summed E-state index contributed by atoms with van der Waals surface area (Å²) in [5.74, 6) is -0.770. The Labute approximate surface area is 164 Å². The van der Waals surface area contributed by atoms with Gasteiger partial charge in [-0.25, -0.2) is 0 Å². The molecule has 0 saturated carbocycles. The molecule has 0 radical (unpaired) electrons. The van der Waals surface area contributed by atoms with E-state index < -0.39 is 15.9 Å². The molecule has 1 aliphatic rings. The van der Waals surface area contributed by atoms with Crippen molar-refractivity contribution < 1.29 is 23.4 Å². The number of hydrogen-bond acceptors (Lipinski definition) is 7. The summed E-state index contributed by atoms with van der Waals surface area (Å²) in [6.07, 6.45) is 2.88. The zero-order valence-electron chi connectivity index (χ0n) is 13.8. The number of sulfonamides is 1. The zero-order chi connectivity index (χ0) is 19.6. The van der Waals surface area contributed by atoms with Gasteiger partial charge in [-0.2, -0.15) is 8.42 Å². The van der Waals surface area contributed by atoms with Crippen molar-refractivity contribution in [3.63, 3.8) is 0 Å². The number of benzene rings is 1. The molecule has 0 spiro atoms. The maximum atomic E-state index is 12.6. The van der Waals surface area contributed by atoms with Crippen LogP contribution in [-0.2, 0) is 14.8 Å². The fraction of sp³-hybridized carbons (Fsp3) is 0.0588. The van der Waals surface area contributed by atoms with Gasteiger partial charge in [0.15, 0.2) is 5.17 Å². The lowest BCUT2D eigenvalue weighted by Gasteiger charge is -2.12. The minimum absolute atomic E-state index is 0.0119. The first-order valence-corrected chi connectivity index (χ1v) is 10.7. The lowest BCUT2D eigenvalue weighted by Crippen LogP contribution is -2.29. The van der Waals surface area contributed by atoms with Crippen molar-refractivity contribution >= 4 is 50.3 Å². The smallest absolute Gasteiger partial charge is 0.294 e. The quantitative estimate of drug-likeness (QED) is 0.567. The number of aromatic hydroxyl groups is 2. The molecule has 2 heterocycles. The summed E-state index contributed by atoms with van der Waals surface area (Å²) in [5, 5.41) is 20.9. The maximum absolute atomic E-state index is 12.6. The van der Waals surface area contributed by atoms with E-state index in [-0.39, 0.29) is 32.3 Å². The summed E-state index contributed by atoms with van der Waals surface area (Å²) >= 11 is 1.93. The Balaban J connectivity index is 2.01. The van der Waals surface area contributed by atoms with Crippen LogP contribution < -0.4 is 0 Å². The molecule has 0 unspecified atom stereocenters. The number of thiophene rings is 1. The molecule has 27 heavy (non-hydrogen) atoms. The molecule has 140 valence electrons. The van der Waals surface area contributed by atoms with Gasteiger partial charge in [0.1, 0.15) is 15.7 Å². The molecule has 1 aromatic carbocycles. The summed E-state index contributed by atoms with van der Waals surface area (Å²) in [6, 6.07) is 7.00. The maximum Gasteiger partial charge on any atom is 0.294 e. The van der Waals surface area contributed by atoms with E-state index in [9.17, 15) is 23.4 Å². The van der Waals surface area contributed by atoms with E-state index >= 15 is 0 Å². The van der Waals surface area contributed by atoms with Crippen LogP contribution in [0.15, 0.2) is 61.9 Å². The van der Waals surface area contributed by atoms with Gasteiger partial charge in [0.05, 0.1) is 4.91 Å². The van der Waals surface area contributed by atoms with Crippen molar-refractivity contribution in [1.29, 1.82) is 0 Å². The van der Waals surface area contributed by atoms with Crippen LogP contribution in [0, 0.1) is 0 Å². The molecule has 7 nitrogen and oxygen atoms in total. The Kier molecular flexibility index (Phi) is 5.40. The Morgan fingerprint density at radius 2 is 2.04 bits per heavy atom. The fourth-order valence-corrected chi connectivity index (χ4v) is 5.37. The van der Waals surface area contributed by atoms with Crippen LogP contribution in [0.1, 0.15) is 5.56 Å². The van der Waals surface area contributed by atoms with E-state index in [4.69, 9.17) is 0 Å². The summed E-state index contributed by atoms with van der Waals surface area (Å²) in [6.45, 7) is 3.67. The van der Waals surface area contributed by atoms with Crippen LogP contribution in [0.2, 0.25) is 0 Å². The van der Waals surface area contributed by atoms with Gasteiger partial charge in [0, 0.05) is 18.2 Å². The van der Waals surface area contributed by atoms with Gasteiger partial charge in [0.2, 0.25) is 0 Å². The topological polar surface area (TPSA) is 107 Å². The third-order valence-corrected chi connectivity index (χ3v) is 7.21. The molecule has 3 rings (SSSR count). The van der Waals surface area contributed by atoms with Crippen molar-refractivity contribution in [2.24, 2.45) is 4.40 Å². The van der Waals surface area contributed by atoms with E-state index in [1.165, 1.54) is 35.3 Å². The van der Waals surface area contributed by atoms with Gasteiger partial charge >= 0.3 is 0 Å². The second kappa shape index (κ2) is 7.59. The van der Waals surface area contributed by atoms with Crippen LogP contribution in [0.25, 0.3) is 6.08 Å². The number of nitrogens with zero attached hydrogens (tertiary/aromatic N) is 2. The fourth-order valence-electron chi connectivity index (χ4n) is 2.22. The number of amides is 1. The molecule has 2 N–H and O–H groups in total. The highest BCUT2D eigenvalue weighted by Crippen LogP contribution is 2.35. The van der Waals surface area contributed by atoms with E-state index in [1.54, 1.807) is 11.4 Å². The van der Waals surface area contributed by atoms with Gasteiger partial charge in [0.25, 0.3) is 15.9 Å². The van der Waals surface area contributed by atoms with E-state index in [2.05, 4.69) is 11.0 Å². The number of hydrogen-bond donors (Lipinski definition) is 2. The van der Waals surface area contributed by atoms with Crippen LogP contribution in [0.5, 0.6) is 11.5 Å². The standard InChI is InChI=1S/C17H14N2O5S3/c1-2-7-19-16(22)14(9-11-5-6-12(20)10-13(11)21)26-17(19)18-27(23,24)15-4-3-8-25-15/h2-6,8-10,20-21H,1,7H2. The number of amidine groups is 1. The minimum Gasteiger partial charge on any atom is -0.508 e. The second-order valence-corrected chi connectivity index (χ2v) is 9.13. The van der Waals surface area contributed by atoms with Gasteiger partial charge in [-0.05, 0) is 41.4 Å². The van der Waals surface area contributed by atoms with E-state index in [0.29, 0.717) is 5.56 Å². The lowest BCUT2D eigenvalue weighted by molar-refractivity contribution is -0.121. The first-order valence-electron chi connectivity index (χ1n) is 7.54. The molecule has 1 aromatic heterocycles. The monoisotopic (exact) mass is 422 g/mol. The molecule has 0 bridgehead atoms. The number of carbonyl (C=O) groups excluding carboxylic acids is 1. The predicted octanol–water partition coefficient (Wildman–Crippen LogP) is 3.01. The van der Waals surface area contributed by atoms with Gasteiger partial charge < -0.3 is 10.2 Å². The van der Waals surface area contributed by atoms with Crippen molar-refractivity contribution in [3.05, 3.63) is 58.8 Å². The molecule has 0 atom stereocenters. The van der Waals surface area contributed by atoms with Crippen molar-refractivity contribution in [3.8, 4) is 11.5 Å². The number of thioether (sulfide) groups is 1. The van der Waals surface area contributed by atoms with Crippen LogP contribution >= 0.6 is 23.1 Å². The number of carbonyl (C=O) groups is 1. The summed E-state index contributed by atoms with van der Waals surface area (Å²) in [7, 11) is -3.94. The third-order valence-electron chi connectivity index (χ3n) is 3.45. The number of phenolic OH excluding ortho intramolecular Hbond substituents is 2.